The van der Waals surface area contributed by atoms with Gasteiger partial charge in [0.05, 0.1) is 4.90 Å². The van der Waals surface area contributed by atoms with E-state index in [2.05, 4.69) is 4.72 Å². The average molecular weight is 335 g/mol. The Hall–Kier alpha value is -1.30. The van der Waals surface area contributed by atoms with E-state index in [1.807, 2.05) is 62.6 Å². The highest BCUT2D eigenvalue weighted by Crippen LogP contribution is 2.20. The quantitative estimate of drug-likeness (QED) is 0.819. The van der Waals surface area contributed by atoms with Crippen LogP contribution in [0.1, 0.15) is 19.4 Å². The van der Waals surface area contributed by atoms with Gasteiger partial charge in [-0.1, -0.05) is 30.3 Å². The summed E-state index contributed by atoms with van der Waals surface area (Å²) in [7, 11) is -3.52. The monoisotopic (exact) mass is 335 g/mol. The van der Waals surface area contributed by atoms with Crippen LogP contribution in [-0.2, 0) is 16.4 Å². The lowest BCUT2D eigenvalue weighted by Gasteiger charge is -2.26. The first kappa shape index (κ1) is 17.1. The van der Waals surface area contributed by atoms with Crippen LogP contribution in [0, 0.1) is 0 Å². The highest BCUT2D eigenvalue weighted by Gasteiger charge is 2.26. The molecule has 22 heavy (non-hydrogen) atoms. The number of thioether (sulfide) groups is 1. The van der Waals surface area contributed by atoms with Gasteiger partial charge in [-0.05, 0) is 56.4 Å². The first-order valence-corrected chi connectivity index (χ1v) is 9.75. The predicted molar refractivity (Wildman–Crippen MR) is 92.8 cm³/mol. The number of hydrogen-bond acceptors (Lipinski definition) is 3. The predicted octanol–water partition coefficient (Wildman–Crippen LogP) is 3.71. The first-order valence-electron chi connectivity index (χ1n) is 7.04. The van der Waals surface area contributed by atoms with Crippen molar-refractivity contribution in [2.75, 3.05) is 6.26 Å². The van der Waals surface area contributed by atoms with Crippen molar-refractivity contribution in [1.82, 2.24) is 4.72 Å². The summed E-state index contributed by atoms with van der Waals surface area (Å²) in [6.45, 7) is 3.79. The summed E-state index contributed by atoms with van der Waals surface area (Å²) in [5, 5.41) is 0. The number of hydrogen-bond donors (Lipinski definition) is 1. The van der Waals surface area contributed by atoms with Gasteiger partial charge in [0, 0.05) is 10.4 Å². The van der Waals surface area contributed by atoms with E-state index < -0.39 is 15.6 Å². The van der Waals surface area contributed by atoms with Crippen LogP contribution in [0.5, 0.6) is 0 Å². The minimum Gasteiger partial charge on any atom is -0.207 e. The molecule has 0 aliphatic heterocycles. The van der Waals surface area contributed by atoms with Crippen LogP contribution in [0.4, 0.5) is 0 Å². The fraction of sp³-hybridized carbons (Fsp3) is 0.294. The molecule has 0 spiro atoms. The Morgan fingerprint density at radius 2 is 1.59 bits per heavy atom. The van der Waals surface area contributed by atoms with Crippen molar-refractivity contribution in [3.05, 3.63) is 60.2 Å². The Morgan fingerprint density at radius 3 is 2.14 bits per heavy atom. The zero-order chi connectivity index (χ0) is 16.2. The van der Waals surface area contributed by atoms with Gasteiger partial charge in [-0.3, -0.25) is 0 Å². The van der Waals surface area contributed by atoms with Gasteiger partial charge in [-0.25, -0.2) is 13.1 Å². The summed E-state index contributed by atoms with van der Waals surface area (Å²) in [4.78, 5) is 1.34. The summed E-state index contributed by atoms with van der Waals surface area (Å²) in [5.41, 5.74) is 0.547. The van der Waals surface area contributed by atoms with Gasteiger partial charge in [-0.15, -0.1) is 11.8 Å². The summed E-state index contributed by atoms with van der Waals surface area (Å²) < 4.78 is 27.8. The van der Waals surface area contributed by atoms with Gasteiger partial charge in [0.15, 0.2) is 0 Å². The molecule has 0 aromatic heterocycles. The van der Waals surface area contributed by atoms with Crippen LogP contribution in [0.15, 0.2) is 64.4 Å². The van der Waals surface area contributed by atoms with Crippen LogP contribution in [0.3, 0.4) is 0 Å². The van der Waals surface area contributed by atoms with Crippen molar-refractivity contribution >= 4 is 21.8 Å². The van der Waals surface area contributed by atoms with Crippen molar-refractivity contribution in [2.24, 2.45) is 0 Å². The lowest BCUT2D eigenvalue weighted by molar-refractivity contribution is 0.450. The Balaban J connectivity index is 2.15. The number of sulfonamides is 1. The molecule has 1 N–H and O–H groups in total. The lowest BCUT2D eigenvalue weighted by atomic mass is 9.96. The van der Waals surface area contributed by atoms with Gasteiger partial charge in [0.25, 0.3) is 0 Å². The van der Waals surface area contributed by atoms with Crippen molar-refractivity contribution in [3.8, 4) is 0 Å². The molecule has 2 aromatic carbocycles. The number of benzene rings is 2. The standard InChI is InChI=1S/C17H21NO2S2/c1-17(2,13-14-7-5-4-6-8-14)18-22(19,20)16-11-9-15(21-3)10-12-16/h4-12,18H,13H2,1-3H3. The average Bonchev–Trinajstić information content (AvgIpc) is 2.46. The van der Waals surface area contributed by atoms with Crippen molar-refractivity contribution in [1.29, 1.82) is 0 Å². The summed E-state index contributed by atoms with van der Waals surface area (Å²) in [6, 6.07) is 16.8. The highest BCUT2D eigenvalue weighted by atomic mass is 32.2. The van der Waals surface area contributed by atoms with E-state index in [-0.39, 0.29) is 0 Å². The Bertz CT molecular complexity index is 708. The molecule has 0 aliphatic carbocycles. The highest BCUT2D eigenvalue weighted by molar-refractivity contribution is 7.98. The molecule has 5 heteroatoms. The molecule has 118 valence electrons. The fourth-order valence-corrected chi connectivity index (χ4v) is 4.14. The van der Waals surface area contributed by atoms with Gasteiger partial charge in [-0.2, -0.15) is 0 Å². The fourth-order valence-electron chi connectivity index (χ4n) is 2.32. The minimum atomic E-state index is -3.52. The van der Waals surface area contributed by atoms with E-state index in [1.54, 1.807) is 23.9 Å². The van der Waals surface area contributed by atoms with Crippen molar-refractivity contribution in [2.45, 2.75) is 35.6 Å². The van der Waals surface area contributed by atoms with E-state index in [0.717, 1.165) is 10.5 Å². The van der Waals surface area contributed by atoms with Gasteiger partial charge < -0.3 is 0 Å². The van der Waals surface area contributed by atoms with Gasteiger partial charge in [0.1, 0.15) is 0 Å². The maximum Gasteiger partial charge on any atom is 0.241 e. The normalized spacial score (nSPS) is 12.3. The summed E-state index contributed by atoms with van der Waals surface area (Å²) in [6.07, 6.45) is 2.60. The SMILES string of the molecule is CSc1ccc(S(=O)(=O)NC(C)(C)Cc2ccccc2)cc1. The molecule has 0 bridgehead atoms. The van der Waals surface area contributed by atoms with Crippen LogP contribution < -0.4 is 4.72 Å². The van der Waals surface area contributed by atoms with Crippen molar-refractivity contribution < 1.29 is 8.42 Å². The van der Waals surface area contributed by atoms with Crippen molar-refractivity contribution in [3.63, 3.8) is 0 Å². The Kier molecular flexibility index (Phi) is 5.32. The van der Waals surface area contributed by atoms with Gasteiger partial charge >= 0.3 is 0 Å². The van der Waals surface area contributed by atoms with Crippen LogP contribution >= 0.6 is 11.8 Å². The maximum atomic E-state index is 12.5. The molecule has 0 saturated carbocycles. The number of rotatable bonds is 6. The molecule has 0 unspecified atom stereocenters. The molecule has 0 atom stereocenters. The van der Waals surface area contributed by atoms with E-state index in [9.17, 15) is 8.42 Å². The zero-order valence-corrected chi connectivity index (χ0v) is 14.7. The third-order valence-electron chi connectivity index (χ3n) is 3.27. The minimum absolute atomic E-state index is 0.298. The lowest BCUT2D eigenvalue weighted by Crippen LogP contribution is -2.44. The molecule has 0 amide bonds. The summed E-state index contributed by atoms with van der Waals surface area (Å²) in [5.74, 6) is 0. The smallest absolute Gasteiger partial charge is 0.207 e. The molecule has 0 saturated heterocycles. The van der Waals surface area contributed by atoms with E-state index in [1.165, 1.54) is 0 Å². The maximum absolute atomic E-state index is 12.5. The third kappa shape index (κ3) is 4.60. The first-order chi connectivity index (χ1) is 10.3. The number of nitrogens with one attached hydrogen (secondary N) is 1. The molecule has 0 radical (unpaired) electrons. The molecule has 0 heterocycles. The molecule has 0 fully saturated rings. The second-order valence-electron chi connectivity index (χ2n) is 5.83. The van der Waals surface area contributed by atoms with E-state index >= 15 is 0 Å². The topological polar surface area (TPSA) is 46.2 Å². The summed E-state index contributed by atoms with van der Waals surface area (Å²) >= 11 is 1.59. The van der Waals surface area contributed by atoms with Gasteiger partial charge in [0.2, 0.25) is 10.0 Å². The van der Waals surface area contributed by atoms with Crippen LogP contribution in [-0.4, -0.2) is 20.2 Å². The third-order valence-corrected chi connectivity index (χ3v) is 5.73. The second-order valence-corrected chi connectivity index (χ2v) is 8.39. The van der Waals surface area contributed by atoms with Crippen LogP contribution in [0.25, 0.3) is 0 Å². The molecule has 3 nitrogen and oxygen atoms in total. The molecular formula is C17H21NO2S2. The molecule has 2 aromatic rings. The molecular weight excluding hydrogens is 314 g/mol. The molecule has 0 aliphatic rings. The van der Waals surface area contributed by atoms with Crippen LogP contribution in [0.2, 0.25) is 0 Å². The molecule has 2 rings (SSSR count). The van der Waals surface area contributed by atoms with E-state index in [0.29, 0.717) is 11.3 Å². The second kappa shape index (κ2) is 6.86. The Morgan fingerprint density at radius 1 is 1.00 bits per heavy atom. The Labute approximate surface area is 137 Å². The van der Waals surface area contributed by atoms with E-state index in [4.69, 9.17) is 0 Å². The zero-order valence-electron chi connectivity index (χ0n) is 13.0. The largest absolute Gasteiger partial charge is 0.241 e.